The molecule has 5 nitrogen and oxygen atoms in total. The second-order valence-corrected chi connectivity index (χ2v) is 5.10. The topological polar surface area (TPSA) is 59.8 Å². The molecule has 0 atom stereocenters. The smallest absolute Gasteiger partial charge is 0.244 e. The Labute approximate surface area is 116 Å². The lowest BCUT2D eigenvalue weighted by molar-refractivity contribution is -0.116. The molecular weight excluding hydrogens is 260 g/mol. The van der Waals surface area contributed by atoms with E-state index in [4.69, 9.17) is 0 Å². The van der Waals surface area contributed by atoms with E-state index in [1.54, 1.807) is 23.6 Å². The van der Waals surface area contributed by atoms with Crippen LogP contribution in [0.4, 0.5) is 0 Å². The molecule has 100 valence electrons. The molecule has 1 N–H and O–H groups in total. The van der Waals surface area contributed by atoms with Crippen molar-refractivity contribution in [2.75, 3.05) is 6.54 Å². The zero-order valence-corrected chi connectivity index (χ0v) is 11.6. The lowest BCUT2D eigenvalue weighted by Gasteiger charge is -2.02. The van der Waals surface area contributed by atoms with Crippen molar-refractivity contribution < 1.29 is 4.79 Å². The first-order valence-corrected chi connectivity index (χ1v) is 6.97. The van der Waals surface area contributed by atoms with Gasteiger partial charge in [-0.15, -0.1) is 11.3 Å². The molecule has 0 bridgehead atoms. The Bertz CT molecular complexity index is 545. The third-order valence-corrected chi connectivity index (χ3v) is 3.26. The first-order chi connectivity index (χ1) is 9.24. The van der Waals surface area contributed by atoms with Crippen molar-refractivity contribution in [1.29, 1.82) is 0 Å². The average molecular weight is 276 g/mol. The van der Waals surface area contributed by atoms with E-state index in [1.807, 2.05) is 29.2 Å². The molecule has 0 saturated carbocycles. The van der Waals surface area contributed by atoms with Gasteiger partial charge in [0.15, 0.2) is 0 Å². The Balaban J connectivity index is 1.66. The molecule has 0 unspecified atom stereocenters. The molecular formula is C13H16N4OS. The summed E-state index contributed by atoms with van der Waals surface area (Å²) in [5.74, 6) is -0.0916. The molecule has 0 aliphatic heterocycles. The lowest BCUT2D eigenvalue weighted by Crippen LogP contribution is -2.23. The zero-order chi connectivity index (χ0) is 13.5. The van der Waals surface area contributed by atoms with Crippen LogP contribution in [0.3, 0.4) is 0 Å². The molecule has 1 amide bonds. The van der Waals surface area contributed by atoms with E-state index in [1.165, 1.54) is 6.08 Å². The number of rotatable bonds is 6. The number of carbonyl (C=O) groups is 1. The highest BCUT2D eigenvalue weighted by Crippen LogP contribution is 2.08. The number of hydrogen-bond acceptors (Lipinski definition) is 4. The summed E-state index contributed by atoms with van der Waals surface area (Å²) in [4.78, 5) is 15.8. The van der Waals surface area contributed by atoms with E-state index in [0.29, 0.717) is 6.54 Å². The highest BCUT2D eigenvalue weighted by molar-refractivity contribution is 7.09. The number of amides is 1. The molecule has 0 aromatic carbocycles. The minimum atomic E-state index is -0.0916. The fourth-order valence-corrected chi connectivity index (χ4v) is 2.14. The maximum atomic E-state index is 11.5. The van der Waals surface area contributed by atoms with Gasteiger partial charge in [0.1, 0.15) is 0 Å². The Hall–Kier alpha value is -1.95. The van der Waals surface area contributed by atoms with Crippen molar-refractivity contribution in [2.45, 2.75) is 19.9 Å². The summed E-state index contributed by atoms with van der Waals surface area (Å²) >= 11 is 1.57. The third kappa shape index (κ3) is 4.67. The summed E-state index contributed by atoms with van der Waals surface area (Å²) in [6, 6.07) is 1.89. The molecule has 0 aliphatic rings. The number of hydrogen-bond donors (Lipinski definition) is 1. The van der Waals surface area contributed by atoms with Crippen LogP contribution < -0.4 is 5.32 Å². The third-order valence-electron chi connectivity index (χ3n) is 2.46. The fraction of sp³-hybridized carbons (Fsp3) is 0.308. The van der Waals surface area contributed by atoms with E-state index >= 15 is 0 Å². The SMILES string of the molecule is Cc1nc(C=CC(=O)NCCCn2cccn2)cs1. The van der Waals surface area contributed by atoms with E-state index in [9.17, 15) is 4.79 Å². The van der Waals surface area contributed by atoms with Gasteiger partial charge >= 0.3 is 0 Å². The summed E-state index contributed by atoms with van der Waals surface area (Å²) in [6.07, 6.45) is 7.76. The van der Waals surface area contributed by atoms with Gasteiger partial charge in [-0.05, 0) is 25.5 Å². The summed E-state index contributed by atoms with van der Waals surface area (Å²) < 4.78 is 1.85. The summed E-state index contributed by atoms with van der Waals surface area (Å²) in [7, 11) is 0. The highest BCUT2D eigenvalue weighted by atomic mass is 32.1. The number of aromatic nitrogens is 3. The highest BCUT2D eigenvalue weighted by Gasteiger charge is 1.97. The van der Waals surface area contributed by atoms with Crippen molar-refractivity contribution in [3.63, 3.8) is 0 Å². The number of thiazole rings is 1. The monoisotopic (exact) mass is 276 g/mol. The van der Waals surface area contributed by atoms with Gasteiger partial charge < -0.3 is 5.32 Å². The molecule has 2 aromatic heterocycles. The predicted molar refractivity (Wildman–Crippen MR) is 75.7 cm³/mol. The Morgan fingerprint density at radius 1 is 1.58 bits per heavy atom. The predicted octanol–water partition coefficient (Wildman–Crippen LogP) is 1.87. The standard InChI is InChI=1S/C13H16N4OS/c1-11-16-12(10-19-11)4-5-13(18)14-6-2-8-17-9-3-7-15-17/h3-5,7,9-10H,2,6,8H2,1H3,(H,14,18). The lowest BCUT2D eigenvalue weighted by atomic mass is 10.3. The van der Waals surface area contributed by atoms with Gasteiger partial charge in [0.2, 0.25) is 5.91 Å². The van der Waals surface area contributed by atoms with E-state index in [-0.39, 0.29) is 5.91 Å². The molecule has 2 heterocycles. The summed E-state index contributed by atoms with van der Waals surface area (Å²) in [5.41, 5.74) is 0.828. The van der Waals surface area contributed by atoms with Crippen molar-refractivity contribution in [1.82, 2.24) is 20.1 Å². The van der Waals surface area contributed by atoms with Gasteiger partial charge in [-0.1, -0.05) is 0 Å². The second-order valence-electron chi connectivity index (χ2n) is 4.04. The zero-order valence-electron chi connectivity index (χ0n) is 10.7. The molecule has 6 heteroatoms. The molecule has 0 radical (unpaired) electrons. The Kier molecular flexibility index (Phi) is 4.85. The Morgan fingerprint density at radius 2 is 2.47 bits per heavy atom. The van der Waals surface area contributed by atoms with Gasteiger partial charge in [-0.25, -0.2) is 4.98 Å². The van der Waals surface area contributed by atoms with Gasteiger partial charge in [-0.3, -0.25) is 9.48 Å². The van der Waals surface area contributed by atoms with Crippen LogP contribution in [0.25, 0.3) is 6.08 Å². The number of aryl methyl sites for hydroxylation is 2. The van der Waals surface area contributed by atoms with Gasteiger partial charge in [0.05, 0.1) is 10.7 Å². The number of nitrogens with one attached hydrogen (secondary N) is 1. The molecule has 0 spiro atoms. The van der Waals surface area contributed by atoms with Gasteiger partial charge in [0, 0.05) is 36.9 Å². The van der Waals surface area contributed by atoms with Crippen LogP contribution in [0.1, 0.15) is 17.1 Å². The van der Waals surface area contributed by atoms with Crippen molar-refractivity contribution >= 4 is 23.3 Å². The van der Waals surface area contributed by atoms with Crippen LogP contribution in [-0.4, -0.2) is 27.2 Å². The minimum Gasteiger partial charge on any atom is -0.352 e. The van der Waals surface area contributed by atoms with Gasteiger partial charge in [-0.2, -0.15) is 5.10 Å². The van der Waals surface area contributed by atoms with Crippen molar-refractivity contribution in [3.05, 3.63) is 40.6 Å². The fourth-order valence-electron chi connectivity index (χ4n) is 1.56. The molecule has 2 rings (SSSR count). The van der Waals surface area contributed by atoms with Crippen LogP contribution in [0, 0.1) is 6.92 Å². The average Bonchev–Trinajstić information content (AvgIpc) is 3.03. The Morgan fingerprint density at radius 3 is 3.16 bits per heavy atom. The van der Waals surface area contributed by atoms with Crippen LogP contribution >= 0.6 is 11.3 Å². The second kappa shape index (κ2) is 6.84. The summed E-state index contributed by atoms with van der Waals surface area (Å²) in [5, 5.41) is 9.85. The molecule has 0 saturated heterocycles. The first-order valence-electron chi connectivity index (χ1n) is 6.09. The van der Waals surface area contributed by atoms with E-state index in [0.717, 1.165) is 23.7 Å². The van der Waals surface area contributed by atoms with E-state index < -0.39 is 0 Å². The molecule has 19 heavy (non-hydrogen) atoms. The minimum absolute atomic E-state index is 0.0916. The molecule has 0 aliphatic carbocycles. The molecule has 0 fully saturated rings. The van der Waals surface area contributed by atoms with Crippen LogP contribution in [0.5, 0.6) is 0 Å². The number of carbonyl (C=O) groups excluding carboxylic acids is 1. The van der Waals surface area contributed by atoms with Crippen LogP contribution in [0.2, 0.25) is 0 Å². The summed E-state index contributed by atoms with van der Waals surface area (Å²) in [6.45, 7) is 3.39. The maximum absolute atomic E-state index is 11.5. The van der Waals surface area contributed by atoms with Crippen molar-refractivity contribution in [2.24, 2.45) is 0 Å². The van der Waals surface area contributed by atoms with Crippen LogP contribution in [0.15, 0.2) is 29.9 Å². The first kappa shape index (κ1) is 13.5. The largest absolute Gasteiger partial charge is 0.352 e. The quantitative estimate of drug-likeness (QED) is 0.647. The maximum Gasteiger partial charge on any atom is 0.244 e. The molecule has 2 aromatic rings. The van der Waals surface area contributed by atoms with Crippen molar-refractivity contribution in [3.8, 4) is 0 Å². The number of nitrogens with zero attached hydrogens (tertiary/aromatic N) is 3. The van der Waals surface area contributed by atoms with E-state index in [2.05, 4.69) is 15.4 Å². The normalized spacial score (nSPS) is 11.0. The van der Waals surface area contributed by atoms with Crippen LogP contribution in [-0.2, 0) is 11.3 Å². The van der Waals surface area contributed by atoms with Gasteiger partial charge in [0.25, 0.3) is 0 Å².